The molecule has 1 saturated carbocycles. The number of rotatable bonds is 1. The molecule has 124 valence electrons. The molecule has 4 heterocycles. The molecule has 8 heteroatoms. The Kier molecular flexibility index (Phi) is 2.96. The molecule has 4 aliphatic rings. The number of carbonyl (C=O) groups excluding carboxylic acids is 1. The normalized spacial score (nSPS) is 37.0. The zero-order valence-electron chi connectivity index (χ0n) is 12.2. The summed E-state index contributed by atoms with van der Waals surface area (Å²) in [6.07, 6.45) is -0.295. The van der Waals surface area contributed by atoms with Crippen LogP contribution in [0.3, 0.4) is 0 Å². The Bertz CT molecular complexity index is 700. The van der Waals surface area contributed by atoms with E-state index in [1.165, 1.54) is 11.3 Å². The molecule has 23 heavy (non-hydrogen) atoms. The molecule has 1 aliphatic carbocycles. The molecule has 1 aromatic heterocycles. The maximum Gasteiger partial charge on any atom is 0.269 e. The van der Waals surface area contributed by atoms with E-state index in [4.69, 9.17) is 4.74 Å². The van der Waals surface area contributed by atoms with E-state index in [0.29, 0.717) is 38.5 Å². The third-order valence-corrected chi connectivity index (χ3v) is 7.50. The lowest BCUT2D eigenvalue weighted by atomic mass is 10.0. The molecule has 1 N–H and O–H groups in total. The van der Waals surface area contributed by atoms with E-state index in [1.807, 2.05) is 0 Å². The van der Waals surface area contributed by atoms with E-state index >= 15 is 0 Å². The predicted octanol–water partition coefficient (Wildman–Crippen LogP) is 2.51. The van der Waals surface area contributed by atoms with Gasteiger partial charge in [-0.25, -0.2) is 8.78 Å². The van der Waals surface area contributed by atoms with Gasteiger partial charge in [-0.05, 0) is 33.7 Å². The van der Waals surface area contributed by atoms with Crippen molar-refractivity contribution in [2.24, 2.45) is 17.8 Å². The number of nitrogens with zero attached hydrogens (tertiary/aromatic N) is 1. The van der Waals surface area contributed by atoms with Crippen LogP contribution in [0.4, 0.5) is 14.5 Å². The number of alkyl halides is 2. The van der Waals surface area contributed by atoms with Gasteiger partial charge in [0.05, 0.1) is 35.3 Å². The third kappa shape index (κ3) is 2.10. The lowest BCUT2D eigenvalue weighted by Crippen LogP contribution is -2.49. The molecular weight excluding hydrogens is 390 g/mol. The van der Waals surface area contributed by atoms with Gasteiger partial charge in [0.2, 0.25) is 0 Å². The molecule has 0 bridgehead atoms. The van der Waals surface area contributed by atoms with E-state index in [-0.39, 0.29) is 24.9 Å². The zero-order chi connectivity index (χ0) is 15.9. The molecule has 2 fully saturated rings. The van der Waals surface area contributed by atoms with Crippen LogP contribution in [0.25, 0.3) is 0 Å². The SMILES string of the molecule is O=C1NC([C@H]2[C@@H]3COC[C@@H]32)CN2CC(F)(F)Cc3c(Br)sc1c32. The van der Waals surface area contributed by atoms with Crippen molar-refractivity contribution in [3.05, 3.63) is 14.2 Å². The van der Waals surface area contributed by atoms with Crippen LogP contribution in [0.5, 0.6) is 0 Å². The van der Waals surface area contributed by atoms with Crippen LogP contribution in [0.15, 0.2) is 3.79 Å². The van der Waals surface area contributed by atoms with Gasteiger partial charge in [0, 0.05) is 18.5 Å². The van der Waals surface area contributed by atoms with Gasteiger partial charge in [-0.15, -0.1) is 11.3 Å². The van der Waals surface area contributed by atoms with Crippen molar-refractivity contribution in [2.45, 2.75) is 18.4 Å². The molecule has 4 nitrogen and oxygen atoms in total. The molecule has 1 aromatic rings. The summed E-state index contributed by atoms with van der Waals surface area (Å²) in [5.41, 5.74) is 1.30. The fourth-order valence-electron chi connectivity index (χ4n) is 4.52. The molecule has 0 aromatic carbocycles. The fraction of sp³-hybridized carbons (Fsp3) is 0.667. The summed E-state index contributed by atoms with van der Waals surface area (Å²) in [5.74, 6) is -1.56. The van der Waals surface area contributed by atoms with E-state index < -0.39 is 5.92 Å². The molecule has 1 amide bonds. The minimum atomic E-state index is -2.76. The highest BCUT2D eigenvalue weighted by Crippen LogP contribution is 2.54. The first-order chi connectivity index (χ1) is 10.9. The van der Waals surface area contributed by atoms with Gasteiger partial charge >= 0.3 is 0 Å². The van der Waals surface area contributed by atoms with Crippen LogP contribution in [0.2, 0.25) is 0 Å². The number of fused-ring (bicyclic) bond motifs is 1. The second-order valence-corrected chi connectivity index (χ2v) is 9.31. The highest BCUT2D eigenvalue weighted by Gasteiger charge is 2.59. The predicted molar refractivity (Wildman–Crippen MR) is 85.4 cm³/mol. The van der Waals surface area contributed by atoms with Crippen molar-refractivity contribution in [1.29, 1.82) is 0 Å². The van der Waals surface area contributed by atoms with Gasteiger partial charge in [-0.3, -0.25) is 4.79 Å². The van der Waals surface area contributed by atoms with Gasteiger partial charge in [0.15, 0.2) is 0 Å². The zero-order valence-corrected chi connectivity index (χ0v) is 14.6. The first-order valence-electron chi connectivity index (χ1n) is 7.77. The topological polar surface area (TPSA) is 41.6 Å². The molecule has 1 unspecified atom stereocenters. The number of hydrogen-bond acceptors (Lipinski definition) is 4. The molecule has 4 atom stereocenters. The Balaban J connectivity index is 1.53. The smallest absolute Gasteiger partial charge is 0.269 e. The largest absolute Gasteiger partial charge is 0.381 e. The Labute approximate surface area is 144 Å². The molecule has 0 radical (unpaired) electrons. The number of hydrogen-bond donors (Lipinski definition) is 1. The number of carbonyl (C=O) groups is 1. The second kappa shape index (κ2) is 4.67. The quantitative estimate of drug-likeness (QED) is 0.781. The van der Waals surface area contributed by atoms with E-state index in [2.05, 4.69) is 21.2 Å². The van der Waals surface area contributed by atoms with Crippen molar-refractivity contribution in [3.8, 4) is 0 Å². The monoisotopic (exact) mass is 404 g/mol. The lowest BCUT2D eigenvalue weighted by molar-refractivity contribution is 0.00494. The van der Waals surface area contributed by atoms with Crippen LogP contribution in [-0.2, 0) is 11.2 Å². The Morgan fingerprint density at radius 2 is 2.09 bits per heavy atom. The van der Waals surface area contributed by atoms with Crippen molar-refractivity contribution in [3.63, 3.8) is 0 Å². The van der Waals surface area contributed by atoms with Crippen molar-refractivity contribution in [1.82, 2.24) is 5.32 Å². The van der Waals surface area contributed by atoms with Gasteiger partial charge in [0.1, 0.15) is 4.88 Å². The number of thiophene rings is 1. The first kappa shape index (κ1) is 14.6. The summed E-state index contributed by atoms with van der Waals surface area (Å²) in [4.78, 5) is 14.9. The summed E-state index contributed by atoms with van der Waals surface area (Å²) in [7, 11) is 0. The summed E-state index contributed by atoms with van der Waals surface area (Å²) in [6, 6.07) is -0.0680. The number of amides is 1. The summed E-state index contributed by atoms with van der Waals surface area (Å²) < 4.78 is 34.4. The lowest BCUT2D eigenvalue weighted by Gasteiger charge is -2.35. The minimum Gasteiger partial charge on any atom is -0.381 e. The number of nitrogens with one attached hydrogen (secondary N) is 1. The maximum absolute atomic E-state index is 14.2. The number of ether oxygens (including phenoxy) is 1. The van der Waals surface area contributed by atoms with Crippen molar-refractivity contribution < 1.29 is 18.3 Å². The number of anilines is 1. The standard InChI is InChI=1S/C15H15BrF2N2O2S/c16-13-6-1-15(17,18)5-20-2-9(10-7-3-22-4-8(7)10)19-14(21)12(23-13)11(6)20/h7-10H,1-5H2,(H,19,21)/t7-,8+,9?,10+. The van der Waals surface area contributed by atoms with E-state index in [9.17, 15) is 13.6 Å². The first-order valence-corrected chi connectivity index (χ1v) is 9.38. The molecule has 1 saturated heterocycles. The summed E-state index contributed by atoms with van der Waals surface area (Å²) >= 11 is 4.63. The van der Waals surface area contributed by atoms with Gasteiger partial charge in [0.25, 0.3) is 11.8 Å². The van der Waals surface area contributed by atoms with Gasteiger partial charge in [-0.2, -0.15) is 0 Å². The van der Waals surface area contributed by atoms with Crippen LogP contribution < -0.4 is 10.2 Å². The third-order valence-electron chi connectivity index (χ3n) is 5.53. The molecule has 5 rings (SSSR count). The minimum absolute atomic E-state index is 0.0680. The fourth-order valence-corrected chi connectivity index (χ4v) is 6.30. The van der Waals surface area contributed by atoms with Crippen LogP contribution in [0, 0.1) is 17.8 Å². The van der Waals surface area contributed by atoms with Crippen LogP contribution >= 0.6 is 27.3 Å². The van der Waals surface area contributed by atoms with Crippen LogP contribution in [-0.4, -0.2) is 44.2 Å². The Morgan fingerprint density at radius 3 is 2.83 bits per heavy atom. The average molecular weight is 405 g/mol. The van der Waals surface area contributed by atoms with Crippen LogP contribution in [0.1, 0.15) is 15.2 Å². The maximum atomic E-state index is 14.2. The Morgan fingerprint density at radius 1 is 1.35 bits per heavy atom. The highest BCUT2D eigenvalue weighted by atomic mass is 79.9. The molecule has 3 aliphatic heterocycles. The van der Waals surface area contributed by atoms with Gasteiger partial charge < -0.3 is 15.0 Å². The van der Waals surface area contributed by atoms with E-state index in [0.717, 1.165) is 18.9 Å². The highest BCUT2D eigenvalue weighted by molar-refractivity contribution is 9.11. The summed E-state index contributed by atoms with van der Waals surface area (Å²) in [5, 5.41) is 3.09. The van der Waals surface area contributed by atoms with Gasteiger partial charge in [-0.1, -0.05) is 0 Å². The summed E-state index contributed by atoms with van der Waals surface area (Å²) in [6.45, 7) is 1.62. The molecule has 0 spiro atoms. The average Bonchev–Trinajstić information content (AvgIpc) is 2.82. The van der Waals surface area contributed by atoms with Crippen molar-refractivity contribution >= 4 is 38.9 Å². The number of halogens is 3. The Hall–Kier alpha value is -0.730. The van der Waals surface area contributed by atoms with E-state index in [1.54, 1.807) is 4.90 Å². The second-order valence-electron chi connectivity index (χ2n) is 6.97. The van der Waals surface area contributed by atoms with Crippen molar-refractivity contribution in [2.75, 3.05) is 31.2 Å². The molecular formula is C15H15BrF2N2O2S.